The molecule has 2 aromatic rings. The number of hydrogen-bond acceptors (Lipinski definition) is 3. The first-order chi connectivity index (χ1) is 10.4. The van der Waals surface area contributed by atoms with Crippen LogP contribution in [0.1, 0.15) is 5.56 Å². The second kappa shape index (κ2) is 7.13. The van der Waals surface area contributed by atoms with Gasteiger partial charge in [-0.2, -0.15) is 4.31 Å². The van der Waals surface area contributed by atoms with Crippen LogP contribution in [-0.4, -0.2) is 32.9 Å². The molecule has 0 saturated heterocycles. The quantitative estimate of drug-likeness (QED) is 0.810. The highest BCUT2D eigenvalue weighted by atomic mass is 35.5. The maximum Gasteiger partial charge on any atom is 0.244 e. The summed E-state index contributed by atoms with van der Waals surface area (Å²) in [5.41, 5.74) is 1.09. The molecule has 0 aromatic heterocycles. The van der Waals surface area contributed by atoms with Crippen molar-refractivity contribution in [3.8, 4) is 5.75 Å². The van der Waals surface area contributed by atoms with E-state index in [1.54, 1.807) is 18.2 Å². The molecule has 2 aromatic carbocycles. The Balaban J connectivity index is 2.00. The molecule has 0 heterocycles. The zero-order chi connectivity index (χ0) is 16.2. The van der Waals surface area contributed by atoms with E-state index in [2.05, 4.69) is 0 Å². The molecule has 4 nitrogen and oxygen atoms in total. The molecule has 22 heavy (non-hydrogen) atoms. The minimum Gasteiger partial charge on any atom is -0.492 e. The van der Waals surface area contributed by atoms with Crippen molar-refractivity contribution in [2.75, 3.05) is 20.2 Å². The van der Waals surface area contributed by atoms with Gasteiger partial charge < -0.3 is 4.74 Å². The van der Waals surface area contributed by atoms with Crippen molar-refractivity contribution in [2.45, 2.75) is 11.8 Å². The number of nitrogens with zero attached hydrogens (tertiary/aromatic N) is 1. The van der Waals surface area contributed by atoms with E-state index in [-0.39, 0.29) is 23.1 Å². The number of ether oxygens (including phenoxy) is 1. The first kappa shape index (κ1) is 16.8. The largest absolute Gasteiger partial charge is 0.492 e. The lowest BCUT2D eigenvalue weighted by Gasteiger charge is -2.18. The van der Waals surface area contributed by atoms with E-state index in [9.17, 15) is 8.42 Å². The van der Waals surface area contributed by atoms with Crippen molar-refractivity contribution in [2.24, 2.45) is 0 Å². The lowest BCUT2D eigenvalue weighted by molar-refractivity contribution is 0.287. The Morgan fingerprint density at radius 2 is 1.86 bits per heavy atom. The molecule has 0 aliphatic heterocycles. The van der Waals surface area contributed by atoms with E-state index in [1.807, 2.05) is 31.2 Å². The lowest BCUT2D eigenvalue weighted by Crippen LogP contribution is -2.31. The fourth-order valence-electron chi connectivity index (χ4n) is 1.94. The van der Waals surface area contributed by atoms with Crippen LogP contribution in [0, 0.1) is 6.92 Å². The van der Waals surface area contributed by atoms with Gasteiger partial charge in [0.2, 0.25) is 10.0 Å². The average molecular weight is 340 g/mol. The molecule has 0 spiro atoms. The smallest absolute Gasteiger partial charge is 0.244 e. The summed E-state index contributed by atoms with van der Waals surface area (Å²) in [6.07, 6.45) is 0. The van der Waals surface area contributed by atoms with Gasteiger partial charge in [0, 0.05) is 13.6 Å². The molecule has 118 valence electrons. The number of aryl methyl sites for hydroxylation is 1. The summed E-state index contributed by atoms with van der Waals surface area (Å²) in [6, 6.07) is 14.0. The summed E-state index contributed by atoms with van der Waals surface area (Å²) in [5, 5.41) is 0.217. The van der Waals surface area contributed by atoms with E-state index in [4.69, 9.17) is 16.3 Å². The summed E-state index contributed by atoms with van der Waals surface area (Å²) in [4.78, 5) is 0.106. The predicted molar refractivity (Wildman–Crippen MR) is 87.9 cm³/mol. The molecule has 0 aliphatic rings. The fraction of sp³-hybridized carbons (Fsp3) is 0.250. The molecule has 0 saturated carbocycles. The van der Waals surface area contributed by atoms with Crippen LogP contribution < -0.4 is 4.74 Å². The second-order valence-electron chi connectivity index (χ2n) is 4.92. The van der Waals surface area contributed by atoms with Gasteiger partial charge in [-0.3, -0.25) is 0 Å². The van der Waals surface area contributed by atoms with Crippen molar-refractivity contribution < 1.29 is 13.2 Å². The topological polar surface area (TPSA) is 46.6 Å². The number of halogens is 1. The third kappa shape index (κ3) is 4.00. The van der Waals surface area contributed by atoms with Gasteiger partial charge in [0.05, 0.1) is 5.02 Å². The van der Waals surface area contributed by atoms with E-state index >= 15 is 0 Å². The van der Waals surface area contributed by atoms with Crippen molar-refractivity contribution in [3.63, 3.8) is 0 Å². The first-order valence-electron chi connectivity index (χ1n) is 6.81. The zero-order valence-electron chi connectivity index (χ0n) is 12.5. The second-order valence-corrected chi connectivity index (χ2v) is 7.34. The maximum absolute atomic E-state index is 12.4. The minimum absolute atomic E-state index is 0.106. The van der Waals surface area contributed by atoms with Crippen LogP contribution in [0.15, 0.2) is 53.4 Å². The molecule has 0 bridgehead atoms. The van der Waals surface area contributed by atoms with Crippen molar-refractivity contribution in [1.29, 1.82) is 0 Å². The monoisotopic (exact) mass is 339 g/mol. The molecule has 0 amide bonds. The SMILES string of the molecule is Cc1cccc(OCCN(C)S(=O)(=O)c2ccccc2Cl)c1. The van der Waals surface area contributed by atoms with Gasteiger partial charge >= 0.3 is 0 Å². The van der Waals surface area contributed by atoms with Crippen LogP contribution in [0.4, 0.5) is 0 Å². The number of likely N-dealkylation sites (N-methyl/N-ethyl adjacent to an activating group) is 1. The highest BCUT2D eigenvalue weighted by Crippen LogP contribution is 2.23. The van der Waals surface area contributed by atoms with E-state index in [1.165, 1.54) is 17.4 Å². The Morgan fingerprint density at radius 3 is 2.55 bits per heavy atom. The van der Waals surface area contributed by atoms with Gasteiger partial charge in [-0.25, -0.2) is 8.42 Å². The molecule has 6 heteroatoms. The van der Waals surface area contributed by atoms with Gasteiger partial charge in [-0.05, 0) is 36.8 Å². The number of sulfonamides is 1. The summed E-state index contributed by atoms with van der Waals surface area (Å²) >= 11 is 5.96. The Hall–Kier alpha value is -1.56. The minimum atomic E-state index is -3.61. The van der Waals surface area contributed by atoms with Gasteiger partial charge in [-0.15, -0.1) is 0 Å². The number of hydrogen-bond donors (Lipinski definition) is 0. The molecule has 0 radical (unpaired) electrons. The molecule has 0 fully saturated rings. The predicted octanol–water partition coefficient (Wildman–Crippen LogP) is 3.35. The molecule has 0 N–H and O–H groups in total. The molecular formula is C16H18ClNO3S. The van der Waals surface area contributed by atoms with Gasteiger partial charge in [0.1, 0.15) is 17.3 Å². The molecule has 2 rings (SSSR count). The number of benzene rings is 2. The summed E-state index contributed by atoms with van der Waals surface area (Å²) in [7, 11) is -2.10. The van der Waals surface area contributed by atoms with Crippen LogP contribution in [0.2, 0.25) is 5.02 Å². The van der Waals surface area contributed by atoms with Gasteiger partial charge in [-0.1, -0.05) is 35.9 Å². The van der Waals surface area contributed by atoms with E-state index in [0.29, 0.717) is 0 Å². The highest BCUT2D eigenvalue weighted by Gasteiger charge is 2.22. The summed E-state index contributed by atoms with van der Waals surface area (Å²) in [5.74, 6) is 0.726. The van der Waals surface area contributed by atoms with Crippen molar-refractivity contribution in [1.82, 2.24) is 4.31 Å². The van der Waals surface area contributed by atoms with Crippen LogP contribution in [-0.2, 0) is 10.0 Å². The molecule has 0 atom stereocenters. The Bertz CT molecular complexity index is 747. The fourth-order valence-corrected chi connectivity index (χ4v) is 3.58. The Morgan fingerprint density at radius 1 is 1.14 bits per heavy atom. The molecule has 0 unspecified atom stereocenters. The molecular weight excluding hydrogens is 322 g/mol. The lowest BCUT2D eigenvalue weighted by atomic mass is 10.2. The maximum atomic E-state index is 12.4. The van der Waals surface area contributed by atoms with Crippen molar-refractivity contribution in [3.05, 3.63) is 59.1 Å². The summed E-state index contributed by atoms with van der Waals surface area (Å²) < 4.78 is 31.7. The standard InChI is InChI=1S/C16H18ClNO3S/c1-13-6-5-7-14(12-13)21-11-10-18(2)22(19,20)16-9-4-3-8-15(16)17/h3-9,12H,10-11H2,1-2H3. The van der Waals surface area contributed by atoms with Gasteiger partial charge in [0.15, 0.2) is 0 Å². The van der Waals surface area contributed by atoms with Crippen LogP contribution in [0.25, 0.3) is 0 Å². The Labute approximate surface area is 136 Å². The van der Waals surface area contributed by atoms with Crippen molar-refractivity contribution >= 4 is 21.6 Å². The van der Waals surface area contributed by atoms with Crippen LogP contribution in [0.5, 0.6) is 5.75 Å². The Kier molecular flexibility index (Phi) is 5.45. The first-order valence-corrected chi connectivity index (χ1v) is 8.63. The van der Waals surface area contributed by atoms with Crippen LogP contribution >= 0.6 is 11.6 Å². The third-order valence-corrected chi connectivity index (χ3v) is 5.55. The molecule has 0 aliphatic carbocycles. The normalized spacial score (nSPS) is 11.6. The summed E-state index contributed by atoms with van der Waals surface area (Å²) in [6.45, 7) is 2.48. The number of rotatable bonds is 6. The average Bonchev–Trinajstić information content (AvgIpc) is 2.47. The highest BCUT2D eigenvalue weighted by molar-refractivity contribution is 7.89. The third-order valence-electron chi connectivity index (χ3n) is 3.19. The van der Waals surface area contributed by atoms with Gasteiger partial charge in [0.25, 0.3) is 0 Å². The van der Waals surface area contributed by atoms with E-state index in [0.717, 1.165) is 11.3 Å². The zero-order valence-corrected chi connectivity index (χ0v) is 14.1. The van der Waals surface area contributed by atoms with E-state index < -0.39 is 10.0 Å². The van der Waals surface area contributed by atoms with Crippen LogP contribution in [0.3, 0.4) is 0 Å².